The smallest absolute Gasteiger partial charge is 0.264 e. The second-order valence-electron chi connectivity index (χ2n) is 8.88. The molecule has 3 aliphatic heterocycles. The number of morpholine rings is 1. The maximum atomic E-state index is 13.7. The van der Waals surface area contributed by atoms with Crippen LogP contribution in [0.1, 0.15) is 38.9 Å². The number of ether oxygens (including phenoxy) is 3. The van der Waals surface area contributed by atoms with Crippen molar-refractivity contribution in [3.05, 3.63) is 53.1 Å². The molecule has 0 aromatic heterocycles. The van der Waals surface area contributed by atoms with Gasteiger partial charge in [0.1, 0.15) is 6.17 Å². The molecule has 0 saturated carbocycles. The molecular weight excluding hydrogens is 464 g/mol. The third-order valence-corrected chi connectivity index (χ3v) is 6.92. The molecule has 1 saturated heterocycles. The standard InChI is InChI=1S/C26H30N4O6/c1-34-20-8-7-18-22(23(20)35-2)26(33)30-19-6-4-3-5-17(19)25(32)29(24(18)30)11-9-21(31)27-10-12-28-13-15-36-16-14-28/h3-8,24H,9-16H2,1-2H3,(H,27,31). The number of carbonyl (C=O) groups is 3. The van der Waals surface area contributed by atoms with Crippen molar-refractivity contribution in [1.82, 2.24) is 15.1 Å². The minimum absolute atomic E-state index is 0.123. The van der Waals surface area contributed by atoms with Gasteiger partial charge in [-0.2, -0.15) is 0 Å². The Bertz CT molecular complexity index is 1180. The lowest BCUT2D eigenvalue weighted by atomic mass is 10.0. The van der Waals surface area contributed by atoms with E-state index in [1.807, 2.05) is 0 Å². The van der Waals surface area contributed by atoms with Crippen LogP contribution in [-0.2, 0) is 9.53 Å². The molecule has 36 heavy (non-hydrogen) atoms. The van der Waals surface area contributed by atoms with Crippen molar-refractivity contribution in [2.45, 2.75) is 12.6 Å². The van der Waals surface area contributed by atoms with Crippen LogP contribution in [0.2, 0.25) is 0 Å². The Morgan fingerprint density at radius 2 is 1.81 bits per heavy atom. The molecule has 10 nitrogen and oxygen atoms in total. The Balaban J connectivity index is 1.38. The van der Waals surface area contributed by atoms with Crippen molar-refractivity contribution in [2.24, 2.45) is 0 Å². The summed E-state index contributed by atoms with van der Waals surface area (Å²) in [6.07, 6.45) is -0.547. The average molecular weight is 495 g/mol. The van der Waals surface area contributed by atoms with Gasteiger partial charge in [0.2, 0.25) is 5.91 Å². The summed E-state index contributed by atoms with van der Waals surface area (Å²) < 4.78 is 16.3. The van der Waals surface area contributed by atoms with Gasteiger partial charge in [-0.15, -0.1) is 0 Å². The van der Waals surface area contributed by atoms with E-state index in [4.69, 9.17) is 14.2 Å². The number of methoxy groups -OCH3 is 2. The van der Waals surface area contributed by atoms with Gasteiger partial charge < -0.3 is 24.4 Å². The lowest BCUT2D eigenvalue weighted by Crippen LogP contribution is -2.49. The number of nitrogens with one attached hydrogen (secondary N) is 1. The van der Waals surface area contributed by atoms with Crippen molar-refractivity contribution in [1.29, 1.82) is 0 Å². The van der Waals surface area contributed by atoms with Crippen LogP contribution >= 0.6 is 0 Å². The molecule has 1 atom stereocenters. The van der Waals surface area contributed by atoms with E-state index in [0.29, 0.717) is 53.6 Å². The Morgan fingerprint density at radius 1 is 1.03 bits per heavy atom. The van der Waals surface area contributed by atoms with Crippen molar-refractivity contribution >= 4 is 23.4 Å². The Morgan fingerprint density at radius 3 is 2.56 bits per heavy atom. The number of fused-ring (bicyclic) bond motifs is 5. The molecular formula is C26H30N4O6. The maximum Gasteiger partial charge on any atom is 0.264 e. The topological polar surface area (TPSA) is 101 Å². The summed E-state index contributed by atoms with van der Waals surface area (Å²) in [6.45, 7) is 4.59. The van der Waals surface area contributed by atoms with E-state index in [1.165, 1.54) is 14.2 Å². The highest BCUT2D eigenvalue weighted by Gasteiger charge is 2.49. The fraction of sp³-hybridized carbons (Fsp3) is 0.423. The van der Waals surface area contributed by atoms with Gasteiger partial charge in [-0.1, -0.05) is 18.2 Å². The summed E-state index contributed by atoms with van der Waals surface area (Å²) in [4.78, 5) is 45.4. The fourth-order valence-electron chi connectivity index (χ4n) is 5.14. The van der Waals surface area contributed by atoms with E-state index >= 15 is 0 Å². The van der Waals surface area contributed by atoms with Crippen molar-refractivity contribution in [3.63, 3.8) is 0 Å². The molecule has 190 valence electrons. The third-order valence-electron chi connectivity index (χ3n) is 6.92. The molecule has 3 aliphatic rings. The molecule has 3 heterocycles. The molecule has 0 spiro atoms. The normalized spacial score (nSPS) is 19.0. The van der Waals surface area contributed by atoms with Gasteiger partial charge in [-0.3, -0.25) is 24.2 Å². The lowest BCUT2D eigenvalue weighted by molar-refractivity contribution is -0.121. The van der Waals surface area contributed by atoms with Gasteiger partial charge in [0.05, 0.1) is 44.2 Å². The number of hydrogen-bond donors (Lipinski definition) is 1. The molecule has 1 N–H and O–H groups in total. The first kappa shape index (κ1) is 24.1. The van der Waals surface area contributed by atoms with Crippen LogP contribution in [0, 0.1) is 0 Å². The van der Waals surface area contributed by atoms with Crippen LogP contribution in [0.3, 0.4) is 0 Å². The molecule has 1 fully saturated rings. The highest BCUT2D eigenvalue weighted by atomic mass is 16.5. The highest BCUT2D eigenvalue weighted by Crippen LogP contribution is 2.49. The van der Waals surface area contributed by atoms with Crippen LogP contribution < -0.4 is 19.7 Å². The third kappa shape index (κ3) is 4.16. The molecule has 1 unspecified atom stereocenters. The molecule has 0 radical (unpaired) electrons. The van der Waals surface area contributed by atoms with Crippen molar-refractivity contribution in [3.8, 4) is 11.5 Å². The van der Waals surface area contributed by atoms with E-state index in [-0.39, 0.29) is 30.7 Å². The maximum absolute atomic E-state index is 13.7. The van der Waals surface area contributed by atoms with Gasteiger partial charge in [0, 0.05) is 44.7 Å². The molecule has 2 aromatic rings. The number of carbonyl (C=O) groups excluding carboxylic acids is 3. The quantitative estimate of drug-likeness (QED) is 0.596. The summed E-state index contributed by atoms with van der Waals surface area (Å²) in [5.41, 5.74) is 1.98. The van der Waals surface area contributed by atoms with Gasteiger partial charge >= 0.3 is 0 Å². The zero-order valence-corrected chi connectivity index (χ0v) is 20.5. The molecule has 10 heteroatoms. The average Bonchev–Trinajstić information content (AvgIpc) is 3.21. The fourth-order valence-corrected chi connectivity index (χ4v) is 5.14. The number of nitrogens with zero attached hydrogens (tertiary/aromatic N) is 3. The van der Waals surface area contributed by atoms with E-state index < -0.39 is 6.17 Å². The zero-order valence-electron chi connectivity index (χ0n) is 20.5. The van der Waals surface area contributed by atoms with Crippen LogP contribution in [0.4, 0.5) is 5.69 Å². The van der Waals surface area contributed by atoms with E-state index in [1.54, 1.807) is 46.2 Å². The number of para-hydroxylation sites is 1. The first-order valence-corrected chi connectivity index (χ1v) is 12.1. The summed E-state index contributed by atoms with van der Waals surface area (Å²) in [5.74, 6) is 0.141. The Kier molecular flexibility index (Phi) is 6.80. The van der Waals surface area contributed by atoms with E-state index in [2.05, 4.69) is 10.2 Å². The SMILES string of the molecule is COc1ccc2c(c1OC)C(=O)N1c3ccccc3C(=O)N(CCC(=O)NCCN3CCOCC3)C21. The van der Waals surface area contributed by atoms with Crippen LogP contribution in [0.5, 0.6) is 11.5 Å². The molecule has 2 aromatic carbocycles. The predicted octanol–water partition coefficient (Wildman–Crippen LogP) is 1.66. The van der Waals surface area contributed by atoms with Crippen LogP contribution in [0.15, 0.2) is 36.4 Å². The van der Waals surface area contributed by atoms with Gasteiger partial charge in [-0.25, -0.2) is 0 Å². The Hall–Kier alpha value is -3.63. The summed E-state index contributed by atoms with van der Waals surface area (Å²) in [7, 11) is 3.00. The van der Waals surface area contributed by atoms with Crippen molar-refractivity contribution < 1.29 is 28.6 Å². The van der Waals surface area contributed by atoms with Crippen LogP contribution in [0.25, 0.3) is 0 Å². The number of hydrogen-bond acceptors (Lipinski definition) is 7. The minimum Gasteiger partial charge on any atom is -0.493 e. The molecule has 3 amide bonds. The predicted molar refractivity (Wildman–Crippen MR) is 131 cm³/mol. The minimum atomic E-state index is -0.671. The summed E-state index contributed by atoms with van der Waals surface area (Å²) in [5, 5.41) is 2.95. The molecule has 0 aliphatic carbocycles. The van der Waals surface area contributed by atoms with Crippen molar-refractivity contribution in [2.75, 3.05) is 65.1 Å². The number of anilines is 1. The lowest BCUT2D eigenvalue weighted by Gasteiger charge is -2.40. The zero-order chi connectivity index (χ0) is 25.2. The molecule has 5 rings (SSSR count). The largest absolute Gasteiger partial charge is 0.493 e. The van der Waals surface area contributed by atoms with Gasteiger partial charge in [0.25, 0.3) is 11.8 Å². The molecule has 0 bridgehead atoms. The van der Waals surface area contributed by atoms with Gasteiger partial charge in [0.15, 0.2) is 11.5 Å². The summed E-state index contributed by atoms with van der Waals surface area (Å²) >= 11 is 0. The van der Waals surface area contributed by atoms with E-state index in [0.717, 1.165) is 19.6 Å². The highest BCUT2D eigenvalue weighted by molar-refractivity contribution is 6.18. The first-order valence-electron chi connectivity index (χ1n) is 12.1. The second-order valence-corrected chi connectivity index (χ2v) is 8.88. The second kappa shape index (κ2) is 10.2. The number of benzene rings is 2. The monoisotopic (exact) mass is 494 g/mol. The first-order chi connectivity index (χ1) is 17.5. The van der Waals surface area contributed by atoms with Crippen LogP contribution in [-0.4, -0.2) is 87.7 Å². The van der Waals surface area contributed by atoms with E-state index in [9.17, 15) is 14.4 Å². The Labute approximate surface area is 209 Å². The number of amides is 3. The number of rotatable bonds is 8. The summed E-state index contributed by atoms with van der Waals surface area (Å²) in [6, 6.07) is 10.6. The van der Waals surface area contributed by atoms with Gasteiger partial charge in [-0.05, 0) is 18.2 Å².